The van der Waals surface area contributed by atoms with E-state index in [2.05, 4.69) is 5.32 Å². The van der Waals surface area contributed by atoms with E-state index in [1.54, 1.807) is 0 Å². The highest BCUT2D eigenvalue weighted by atomic mass is 16.2. The second-order valence-corrected chi connectivity index (χ2v) is 6.00. The van der Waals surface area contributed by atoms with Crippen molar-refractivity contribution in [3.8, 4) is 0 Å². The van der Waals surface area contributed by atoms with E-state index in [0.717, 1.165) is 31.2 Å². The van der Waals surface area contributed by atoms with E-state index in [9.17, 15) is 4.79 Å². The molecule has 0 aliphatic heterocycles. The smallest absolute Gasteiger partial charge is 0.227 e. The minimum absolute atomic E-state index is 0.0374. The van der Waals surface area contributed by atoms with Gasteiger partial charge in [-0.1, -0.05) is 56.0 Å². The molecule has 2 rings (SSSR count). The topological polar surface area (TPSA) is 55.1 Å². The highest BCUT2D eigenvalue weighted by Crippen LogP contribution is 2.35. The summed E-state index contributed by atoms with van der Waals surface area (Å²) < 4.78 is 0. The third-order valence-corrected chi connectivity index (χ3v) is 4.58. The van der Waals surface area contributed by atoms with Crippen molar-refractivity contribution in [2.24, 2.45) is 11.1 Å². The van der Waals surface area contributed by atoms with Crippen LogP contribution >= 0.6 is 0 Å². The van der Waals surface area contributed by atoms with E-state index in [4.69, 9.17) is 5.73 Å². The Hall–Kier alpha value is -1.35. The van der Waals surface area contributed by atoms with Gasteiger partial charge in [0.05, 0.1) is 11.5 Å². The third kappa shape index (κ3) is 3.40. The number of hydrogen-bond acceptors (Lipinski definition) is 2. The second kappa shape index (κ2) is 6.89. The fourth-order valence-corrected chi connectivity index (χ4v) is 3.10. The van der Waals surface area contributed by atoms with Crippen molar-refractivity contribution >= 4 is 5.91 Å². The number of benzene rings is 1. The number of carbonyl (C=O) groups is 1. The highest BCUT2D eigenvalue weighted by Gasteiger charge is 2.37. The van der Waals surface area contributed by atoms with E-state index < -0.39 is 0 Å². The zero-order chi connectivity index (χ0) is 14.4. The van der Waals surface area contributed by atoms with Gasteiger partial charge in [0.1, 0.15) is 0 Å². The molecular weight excluding hydrogens is 248 g/mol. The lowest BCUT2D eigenvalue weighted by molar-refractivity contribution is -0.132. The van der Waals surface area contributed by atoms with Gasteiger partial charge in [-0.3, -0.25) is 4.79 Å². The normalized spacial score (nSPS) is 19.9. The Morgan fingerprint density at radius 2 is 1.80 bits per heavy atom. The molecule has 3 heteroatoms. The summed E-state index contributed by atoms with van der Waals surface area (Å²) in [6.45, 7) is 2.49. The predicted octanol–water partition coefficient (Wildman–Crippen LogP) is 3.16. The molecule has 1 aromatic rings. The number of nitrogens with one attached hydrogen (secondary N) is 1. The second-order valence-electron chi connectivity index (χ2n) is 6.00. The molecule has 0 aromatic heterocycles. The molecule has 0 saturated heterocycles. The maximum Gasteiger partial charge on any atom is 0.227 e. The van der Waals surface area contributed by atoms with Crippen molar-refractivity contribution in [3.63, 3.8) is 0 Å². The van der Waals surface area contributed by atoms with Gasteiger partial charge < -0.3 is 11.1 Å². The molecule has 0 radical (unpaired) electrons. The summed E-state index contributed by atoms with van der Waals surface area (Å²) >= 11 is 0. The first-order valence-corrected chi connectivity index (χ1v) is 7.74. The zero-order valence-corrected chi connectivity index (χ0v) is 12.4. The molecule has 1 saturated carbocycles. The lowest BCUT2D eigenvalue weighted by Crippen LogP contribution is -2.46. The molecule has 1 unspecified atom stereocenters. The van der Waals surface area contributed by atoms with Crippen molar-refractivity contribution in [3.05, 3.63) is 35.9 Å². The Morgan fingerprint density at radius 3 is 2.35 bits per heavy atom. The van der Waals surface area contributed by atoms with Crippen LogP contribution in [0.5, 0.6) is 0 Å². The number of amides is 1. The highest BCUT2D eigenvalue weighted by molar-refractivity contribution is 5.83. The van der Waals surface area contributed by atoms with Gasteiger partial charge >= 0.3 is 0 Å². The molecule has 3 nitrogen and oxygen atoms in total. The predicted molar refractivity (Wildman–Crippen MR) is 82.2 cm³/mol. The Labute approximate surface area is 121 Å². The quantitative estimate of drug-likeness (QED) is 0.829. The SMILES string of the molecule is CC(NC(=O)C1(CN)CCCCCC1)c1ccccc1. The molecule has 1 aliphatic rings. The fraction of sp³-hybridized carbons (Fsp3) is 0.588. The molecule has 0 spiro atoms. The lowest BCUT2D eigenvalue weighted by Gasteiger charge is -2.31. The fourth-order valence-electron chi connectivity index (χ4n) is 3.10. The average Bonchev–Trinajstić information content (AvgIpc) is 2.74. The summed E-state index contributed by atoms with van der Waals surface area (Å²) in [5, 5.41) is 3.17. The van der Waals surface area contributed by atoms with E-state index in [0.29, 0.717) is 6.54 Å². The van der Waals surface area contributed by atoms with Gasteiger partial charge in [-0.05, 0) is 25.3 Å². The number of rotatable bonds is 4. The van der Waals surface area contributed by atoms with E-state index in [1.165, 1.54) is 12.8 Å². The van der Waals surface area contributed by atoms with E-state index >= 15 is 0 Å². The largest absolute Gasteiger partial charge is 0.349 e. The Kier molecular flexibility index (Phi) is 5.18. The first-order valence-electron chi connectivity index (χ1n) is 7.74. The van der Waals surface area contributed by atoms with Gasteiger partial charge in [-0.25, -0.2) is 0 Å². The van der Waals surface area contributed by atoms with Crippen LogP contribution in [0.25, 0.3) is 0 Å². The standard InChI is InChI=1S/C17H26N2O/c1-14(15-9-5-4-6-10-15)19-16(20)17(13-18)11-7-2-3-8-12-17/h4-6,9-10,14H,2-3,7-8,11-13,18H2,1H3,(H,19,20). The molecule has 0 bridgehead atoms. The van der Waals surface area contributed by atoms with Crippen LogP contribution in [-0.2, 0) is 4.79 Å². The monoisotopic (exact) mass is 274 g/mol. The van der Waals surface area contributed by atoms with Crippen LogP contribution in [0.1, 0.15) is 57.1 Å². The van der Waals surface area contributed by atoms with Crippen LogP contribution in [0.2, 0.25) is 0 Å². The summed E-state index contributed by atoms with van der Waals surface area (Å²) in [7, 11) is 0. The van der Waals surface area contributed by atoms with Gasteiger partial charge in [0.2, 0.25) is 5.91 Å². The van der Waals surface area contributed by atoms with Crippen molar-refractivity contribution in [1.29, 1.82) is 0 Å². The zero-order valence-electron chi connectivity index (χ0n) is 12.4. The minimum atomic E-state index is -0.348. The number of nitrogens with two attached hydrogens (primary N) is 1. The summed E-state index contributed by atoms with van der Waals surface area (Å²) in [5.41, 5.74) is 6.75. The molecule has 0 heterocycles. The first kappa shape index (κ1) is 15.0. The minimum Gasteiger partial charge on any atom is -0.349 e. The van der Waals surface area contributed by atoms with Gasteiger partial charge in [-0.15, -0.1) is 0 Å². The molecule has 3 N–H and O–H groups in total. The summed E-state index contributed by atoms with van der Waals surface area (Å²) in [6.07, 6.45) is 6.54. The van der Waals surface area contributed by atoms with Gasteiger partial charge in [0.15, 0.2) is 0 Å². The summed E-state index contributed by atoms with van der Waals surface area (Å²) in [5.74, 6) is 0.137. The van der Waals surface area contributed by atoms with Crippen molar-refractivity contribution in [2.75, 3.05) is 6.54 Å². The van der Waals surface area contributed by atoms with Crippen LogP contribution in [0.4, 0.5) is 0 Å². The van der Waals surface area contributed by atoms with Crippen molar-refractivity contribution in [1.82, 2.24) is 5.32 Å². The van der Waals surface area contributed by atoms with Gasteiger partial charge in [0.25, 0.3) is 0 Å². The molecule has 1 atom stereocenters. The summed E-state index contributed by atoms with van der Waals surface area (Å²) in [6, 6.07) is 10.1. The Balaban J connectivity index is 2.05. The molecule has 1 aromatic carbocycles. The molecule has 110 valence electrons. The Morgan fingerprint density at radius 1 is 1.20 bits per heavy atom. The van der Waals surface area contributed by atoms with Crippen LogP contribution in [0.15, 0.2) is 30.3 Å². The van der Waals surface area contributed by atoms with Crippen molar-refractivity contribution in [2.45, 2.75) is 51.5 Å². The van der Waals surface area contributed by atoms with Crippen LogP contribution in [0.3, 0.4) is 0 Å². The summed E-state index contributed by atoms with van der Waals surface area (Å²) in [4.78, 5) is 12.7. The maximum atomic E-state index is 12.7. The van der Waals surface area contributed by atoms with Crippen LogP contribution < -0.4 is 11.1 Å². The van der Waals surface area contributed by atoms with E-state index in [1.807, 2.05) is 37.3 Å². The Bertz CT molecular complexity index is 422. The van der Waals surface area contributed by atoms with Crippen LogP contribution in [-0.4, -0.2) is 12.5 Å². The molecule has 1 fully saturated rings. The third-order valence-electron chi connectivity index (χ3n) is 4.58. The average molecular weight is 274 g/mol. The van der Waals surface area contributed by atoms with Gasteiger partial charge in [0, 0.05) is 6.54 Å². The molecule has 20 heavy (non-hydrogen) atoms. The molecule has 1 aliphatic carbocycles. The van der Waals surface area contributed by atoms with Crippen molar-refractivity contribution < 1.29 is 4.79 Å². The van der Waals surface area contributed by atoms with E-state index in [-0.39, 0.29) is 17.4 Å². The lowest BCUT2D eigenvalue weighted by atomic mass is 9.79. The first-order chi connectivity index (χ1) is 9.68. The number of hydrogen-bond donors (Lipinski definition) is 2. The number of carbonyl (C=O) groups excluding carboxylic acids is 1. The maximum absolute atomic E-state index is 12.7. The van der Waals surface area contributed by atoms with Crippen LogP contribution in [0, 0.1) is 5.41 Å². The molecular formula is C17H26N2O. The molecule has 1 amide bonds. The van der Waals surface area contributed by atoms with Gasteiger partial charge in [-0.2, -0.15) is 0 Å².